The second-order valence-corrected chi connectivity index (χ2v) is 5.65. The summed E-state index contributed by atoms with van der Waals surface area (Å²) in [5, 5.41) is 0. The largest absolute Gasteiger partial charge is 0.303 e. The van der Waals surface area contributed by atoms with Gasteiger partial charge in [0.1, 0.15) is 0 Å². The SMILES string of the molecule is Brc1ccc2c(c1)CCC2CN1CCC1. The van der Waals surface area contributed by atoms with Gasteiger partial charge in [-0.15, -0.1) is 0 Å². The number of nitrogens with zero attached hydrogens (tertiary/aromatic N) is 1. The zero-order valence-corrected chi connectivity index (χ0v) is 10.5. The van der Waals surface area contributed by atoms with Crippen LogP contribution in [0.4, 0.5) is 0 Å². The molecule has 1 atom stereocenters. The first-order valence-electron chi connectivity index (χ1n) is 5.83. The molecule has 3 rings (SSSR count). The van der Waals surface area contributed by atoms with Crippen molar-refractivity contribution in [2.75, 3.05) is 19.6 Å². The van der Waals surface area contributed by atoms with Gasteiger partial charge in [-0.05, 0) is 61.5 Å². The summed E-state index contributed by atoms with van der Waals surface area (Å²) in [6, 6.07) is 6.80. The predicted molar refractivity (Wildman–Crippen MR) is 66.3 cm³/mol. The Morgan fingerprint density at radius 2 is 2.20 bits per heavy atom. The van der Waals surface area contributed by atoms with Crippen LogP contribution in [0.15, 0.2) is 22.7 Å². The van der Waals surface area contributed by atoms with Crippen molar-refractivity contribution in [3.05, 3.63) is 33.8 Å². The van der Waals surface area contributed by atoms with Gasteiger partial charge in [0.15, 0.2) is 0 Å². The lowest BCUT2D eigenvalue weighted by atomic mass is 9.99. The first kappa shape index (κ1) is 9.86. The third-order valence-electron chi connectivity index (χ3n) is 3.73. The Morgan fingerprint density at radius 1 is 1.33 bits per heavy atom. The highest BCUT2D eigenvalue weighted by Gasteiger charge is 2.26. The van der Waals surface area contributed by atoms with Crippen LogP contribution in [0.25, 0.3) is 0 Å². The Labute approximate surface area is 99.6 Å². The molecule has 0 aromatic heterocycles. The molecule has 0 N–H and O–H groups in total. The molecule has 1 aliphatic heterocycles. The molecule has 80 valence electrons. The number of rotatable bonds is 2. The van der Waals surface area contributed by atoms with E-state index in [0.717, 1.165) is 5.92 Å². The second kappa shape index (κ2) is 3.91. The molecule has 0 spiro atoms. The molecule has 0 bridgehead atoms. The van der Waals surface area contributed by atoms with E-state index in [1.807, 2.05) is 0 Å². The number of fused-ring (bicyclic) bond motifs is 1. The van der Waals surface area contributed by atoms with E-state index in [1.54, 1.807) is 11.1 Å². The van der Waals surface area contributed by atoms with Crippen LogP contribution in [0.2, 0.25) is 0 Å². The maximum Gasteiger partial charge on any atom is 0.0178 e. The van der Waals surface area contributed by atoms with Gasteiger partial charge in [-0.3, -0.25) is 0 Å². The van der Waals surface area contributed by atoms with Gasteiger partial charge in [-0.25, -0.2) is 0 Å². The lowest BCUT2D eigenvalue weighted by Crippen LogP contribution is -2.39. The minimum atomic E-state index is 0.799. The van der Waals surface area contributed by atoms with E-state index in [9.17, 15) is 0 Å². The van der Waals surface area contributed by atoms with E-state index >= 15 is 0 Å². The minimum Gasteiger partial charge on any atom is -0.303 e. The maximum atomic E-state index is 3.55. The third-order valence-corrected chi connectivity index (χ3v) is 4.23. The number of hydrogen-bond donors (Lipinski definition) is 0. The van der Waals surface area contributed by atoms with Crippen molar-refractivity contribution < 1.29 is 0 Å². The Morgan fingerprint density at radius 3 is 2.93 bits per heavy atom. The van der Waals surface area contributed by atoms with E-state index in [0.29, 0.717) is 0 Å². The van der Waals surface area contributed by atoms with E-state index in [-0.39, 0.29) is 0 Å². The Balaban J connectivity index is 1.78. The summed E-state index contributed by atoms with van der Waals surface area (Å²) in [5.41, 5.74) is 3.17. The number of hydrogen-bond acceptors (Lipinski definition) is 1. The molecule has 2 aliphatic rings. The molecule has 2 heteroatoms. The molecule has 1 aromatic carbocycles. The first-order valence-corrected chi connectivity index (χ1v) is 6.63. The molecule has 0 saturated carbocycles. The number of aryl methyl sites for hydroxylation is 1. The topological polar surface area (TPSA) is 3.24 Å². The first-order chi connectivity index (χ1) is 7.33. The predicted octanol–water partition coefficient (Wildman–Crippen LogP) is 3.18. The minimum absolute atomic E-state index is 0.799. The van der Waals surface area contributed by atoms with Crippen molar-refractivity contribution in [2.24, 2.45) is 0 Å². The van der Waals surface area contributed by atoms with Crippen LogP contribution in [0.1, 0.15) is 29.9 Å². The van der Waals surface area contributed by atoms with Gasteiger partial charge in [-0.1, -0.05) is 22.0 Å². The zero-order valence-electron chi connectivity index (χ0n) is 8.88. The van der Waals surface area contributed by atoms with E-state index < -0.39 is 0 Å². The fraction of sp³-hybridized carbons (Fsp3) is 0.538. The summed E-state index contributed by atoms with van der Waals surface area (Å²) in [5.74, 6) is 0.799. The van der Waals surface area contributed by atoms with Crippen LogP contribution in [0.3, 0.4) is 0 Å². The van der Waals surface area contributed by atoms with Crippen LogP contribution in [-0.4, -0.2) is 24.5 Å². The molecule has 1 nitrogen and oxygen atoms in total. The van der Waals surface area contributed by atoms with Crippen LogP contribution >= 0.6 is 15.9 Å². The van der Waals surface area contributed by atoms with Gasteiger partial charge in [0.05, 0.1) is 0 Å². The molecule has 1 fully saturated rings. The molecule has 1 saturated heterocycles. The lowest BCUT2D eigenvalue weighted by Gasteiger charge is -2.33. The number of benzene rings is 1. The van der Waals surface area contributed by atoms with Crippen LogP contribution < -0.4 is 0 Å². The van der Waals surface area contributed by atoms with Crippen LogP contribution in [-0.2, 0) is 6.42 Å². The molecule has 1 aliphatic carbocycles. The van der Waals surface area contributed by atoms with E-state index in [4.69, 9.17) is 0 Å². The summed E-state index contributed by atoms with van der Waals surface area (Å²) >= 11 is 3.55. The van der Waals surface area contributed by atoms with E-state index in [2.05, 4.69) is 39.0 Å². The summed E-state index contributed by atoms with van der Waals surface area (Å²) in [7, 11) is 0. The van der Waals surface area contributed by atoms with Gasteiger partial charge in [0, 0.05) is 11.0 Å². The fourth-order valence-corrected chi connectivity index (χ4v) is 3.15. The summed E-state index contributed by atoms with van der Waals surface area (Å²) in [6.07, 6.45) is 4.02. The summed E-state index contributed by atoms with van der Waals surface area (Å²) < 4.78 is 1.23. The molecule has 15 heavy (non-hydrogen) atoms. The van der Waals surface area contributed by atoms with Crippen molar-refractivity contribution in [3.63, 3.8) is 0 Å². The smallest absolute Gasteiger partial charge is 0.0178 e. The lowest BCUT2D eigenvalue weighted by molar-refractivity contribution is 0.169. The maximum absolute atomic E-state index is 3.55. The van der Waals surface area contributed by atoms with Crippen molar-refractivity contribution in [3.8, 4) is 0 Å². The quantitative estimate of drug-likeness (QED) is 0.794. The molecular formula is C13H16BrN. The van der Waals surface area contributed by atoms with Crippen molar-refractivity contribution in [2.45, 2.75) is 25.2 Å². The average molecular weight is 266 g/mol. The monoisotopic (exact) mass is 265 g/mol. The van der Waals surface area contributed by atoms with Gasteiger partial charge < -0.3 is 4.90 Å². The van der Waals surface area contributed by atoms with Crippen LogP contribution in [0, 0.1) is 0 Å². The van der Waals surface area contributed by atoms with Crippen LogP contribution in [0.5, 0.6) is 0 Å². The third kappa shape index (κ3) is 1.85. The van der Waals surface area contributed by atoms with Crippen molar-refractivity contribution >= 4 is 15.9 Å². The molecular weight excluding hydrogens is 250 g/mol. The normalized spacial score (nSPS) is 25.0. The Hall–Kier alpha value is -0.340. The van der Waals surface area contributed by atoms with Gasteiger partial charge in [0.25, 0.3) is 0 Å². The second-order valence-electron chi connectivity index (χ2n) is 4.73. The van der Waals surface area contributed by atoms with E-state index in [1.165, 1.54) is 43.4 Å². The Kier molecular flexibility index (Phi) is 2.57. The van der Waals surface area contributed by atoms with Gasteiger partial charge in [-0.2, -0.15) is 0 Å². The Bertz CT molecular complexity index is 371. The highest BCUT2D eigenvalue weighted by molar-refractivity contribution is 9.10. The molecule has 1 heterocycles. The zero-order chi connectivity index (χ0) is 10.3. The summed E-state index contributed by atoms with van der Waals surface area (Å²) in [6.45, 7) is 3.93. The van der Waals surface area contributed by atoms with Crippen molar-refractivity contribution in [1.82, 2.24) is 4.90 Å². The average Bonchev–Trinajstić information content (AvgIpc) is 2.54. The standard InChI is InChI=1S/C13H16BrN/c14-12-4-5-13-10(8-12)2-3-11(13)9-15-6-1-7-15/h4-5,8,11H,1-3,6-7,9H2. The number of likely N-dealkylation sites (tertiary alicyclic amines) is 1. The highest BCUT2D eigenvalue weighted by Crippen LogP contribution is 2.35. The van der Waals surface area contributed by atoms with Gasteiger partial charge >= 0.3 is 0 Å². The summed E-state index contributed by atoms with van der Waals surface area (Å²) in [4.78, 5) is 2.59. The molecule has 1 aromatic rings. The van der Waals surface area contributed by atoms with Gasteiger partial charge in [0.2, 0.25) is 0 Å². The highest BCUT2D eigenvalue weighted by atomic mass is 79.9. The molecule has 0 radical (unpaired) electrons. The molecule has 1 unspecified atom stereocenters. The fourth-order valence-electron chi connectivity index (χ4n) is 2.74. The number of halogens is 1. The molecule has 0 amide bonds. The van der Waals surface area contributed by atoms with Crippen molar-refractivity contribution in [1.29, 1.82) is 0 Å².